The molecule has 0 aliphatic carbocycles. The molecule has 0 aliphatic heterocycles. The van der Waals surface area contributed by atoms with Crippen molar-refractivity contribution < 1.29 is 4.79 Å². The van der Waals surface area contributed by atoms with Crippen LogP contribution in [0.5, 0.6) is 0 Å². The predicted molar refractivity (Wildman–Crippen MR) is 114 cm³/mol. The fraction of sp³-hybridized carbons (Fsp3) is 0.182. The van der Waals surface area contributed by atoms with E-state index < -0.39 is 0 Å². The second-order valence-corrected chi connectivity index (χ2v) is 6.59. The number of hydrogen-bond donors (Lipinski definition) is 2. The second kappa shape index (κ2) is 11.2. The molecular formula is C22H25N3OS. The molecule has 140 valence electrons. The highest BCUT2D eigenvalue weighted by molar-refractivity contribution is 7.97. The summed E-state index contributed by atoms with van der Waals surface area (Å²) in [6, 6.07) is 19.5. The van der Waals surface area contributed by atoms with E-state index in [2.05, 4.69) is 46.2 Å². The molecule has 3 aromatic rings. The first-order valence-electron chi connectivity index (χ1n) is 8.97. The lowest BCUT2D eigenvalue weighted by Gasteiger charge is -2.07. The number of anilines is 1. The van der Waals surface area contributed by atoms with E-state index in [-0.39, 0.29) is 5.91 Å². The van der Waals surface area contributed by atoms with Gasteiger partial charge in [0.05, 0.1) is 0 Å². The lowest BCUT2D eigenvalue weighted by atomic mass is 10.1. The van der Waals surface area contributed by atoms with Crippen molar-refractivity contribution in [1.82, 2.24) is 9.71 Å². The number of carbonyl (C=O) groups is 1. The number of nitrogens with zero attached hydrogens (tertiary/aromatic N) is 1. The van der Waals surface area contributed by atoms with Crippen LogP contribution in [0.3, 0.4) is 0 Å². The summed E-state index contributed by atoms with van der Waals surface area (Å²) in [4.78, 5) is 17.3. The Morgan fingerprint density at radius 2 is 1.56 bits per heavy atom. The third-order valence-electron chi connectivity index (χ3n) is 3.64. The van der Waals surface area contributed by atoms with Gasteiger partial charge in [-0.15, -0.1) is 0 Å². The van der Waals surface area contributed by atoms with Crippen LogP contribution in [0.25, 0.3) is 0 Å². The molecule has 0 spiro atoms. The first kappa shape index (κ1) is 20.7. The zero-order chi connectivity index (χ0) is 19.5. The van der Waals surface area contributed by atoms with Crippen LogP contribution < -0.4 is 10.0 Å². The van der Waals surface area contributed by atoms with Gasteiger partial charge in [-0.25, -0.2) is 0 Å². The number of nitrogens with one attached hydrogen (secondary N) is 2. The van der Waals surface area contributed by atoms with Crippen LogP contribution >= 0.6 is 11.9 Å². The first-order chi connectivity index (χ1) is 13.2. The van der Waals surface area contributed by atoms with E-state index in [1.165, 1.54) is 10.5 Å². The molecule has 0 aliphatic rings. The van der Waals surface area contributed by atoms with Crippen molar-refractivity contribution in [3.05, 3.63) is 89.7 Å². The van der Waals surface area contributed by atoms with Gasteiger partial charge in [0, 0.05) is 35.1 Å². The van der Waals surface area contributed by atoms with E-state index in [0.717, 1.165) is 17.8 Å². The van der Waals surface area contributed by atoms with Crippen molar-refractivity contribution >= 4 is 23.5 Å². The summed E-state index contributed by atoms with van der Waals surface area (Å²) in [5.41, 5.74) is 3.75. The second-order valence-electron chi connectivity index (χ2n) is 5.62. The predicted octanol–water partition coefficient (Wildman–Crippen LogP) is 5.47. The van der Waals surface area contributed by atoms with E-state index in [1.807, 2.05) is 38.1 Å². The van der Waals surface area contributed by atoms with Crippen LogP contribution in [-0.2, 0) is 6.54 Å². The Bertz CT molecular complexity index is 818. The molecule has 4 nitrogen and oxygen atoms in total. The third-order valence-corrected chi connectivity index (χ3v) is 4.44. The van der Waals surface area contributed by atoms with Gasteiger partial charge >= 0.3 is 0 Å². The van der Waals surface area contributed by atoms with Crippen molar-refractivity contribution in [2.45, 2.75) is 32.2 Å². The maximum atomic E-state index is 12.2. The molecule has 5 heteroatoms. The minimum atomic E-state index is -0.125. The number of carbonyl (C=O) groups excluding carboxylic acids is 1. The number of amides is 1. The Labute approximate surface area is 165 Å². The molecule has 1 aromatic heterocycles. The van der Waals surface area contributed by atoms with Gasteiger partial charge in [-0.2, -0.15) is 0 Å². The lowest BCUT2D eigenvalue weighted by Crippen LogP contribution is -2.12. The fourth-order valence-corrected chi connectivity index (χ4v) is 2.90. The average molecular weight is 380 g/mol. The molecule has 1 amide bonds. The molecule has 0 saturated carbocycles. The summed E-state index contributed by atoms with van der Waals surface area (Å²) in [6.07, 6.45) is 3.30. The maximum Gasteiger partial charge on any atom is 0.255 e. The summed E-state index contributed by atoms with van der Waals surface area (Å²) < 4.78 is 3.34. The van der Waals surface area contributed by atoms with Crippen LogP contribution in [0.2, 0.25) is 0 Å². The molecule has 0 fully saturated rings. The van der Waals surface area contributed by atoms with Gasteiger partial charge in [0.25, 0.3) is 5.91 Å². The van der Waals surface area contributed by atoms with Crippen molar-refractivity contribution in [2.75, 3.05) is 5.32 Å². The van der Waals surface area contributed by atoms with Crippen LogP contribution in [0, 0.1) is 6.92 Å². The largest absolute Gasteiger partial charge is 0.322 e. The Morgan fingerprint density at radius 3 is 2.19 bits per heavy atom. The van der Waals surface area contributed by atoms with Crippen LogP contribution in [0.4, 0.5) is 5.69 Å². The summed E-state index contributed by atoms with van der Waals surface area (Å²) in [7, 11) is 0. The smallest absolute Gasteiger partial charge is 0.255 e. The quantitative estimate of drug-likeness (QED) is 0.558. The Morgan fingerprint density at radius 1 is 0.926 bits per heavy atom. The monoisotopic (exact) mass is 379 g/mol. The molecule has 1 heterocycles. The van der Waals surface area contributed by atoms with Gasteiger partial charge in [0.15, 0.2) is 0 Å². The van der Waals surface area contributed by atoms with Gasteiger partial charge in [0.2, 0.25) is 0 Å². The number of aryl methyl sites for hydroxylation is 1. The number of hydrogen-bond acceptors (Lipinski definition) is 4. The fourth-order valence-electron chi connectivity index (χ4n) is 2.22. The van der Waals surface area contributed by atoms with E-state index >= 15 is 0 Å². The summed E-state index contributed by atoms with van der Waals surface area (Å²) >= 11 is 1.60. The standard InChI is InChI=1S/C20H19N3OS.C2H6/c1-15-2-8-19(9-3-15)25-22-14-16-4-6-17(7-5-16)20(24)23-18-10-12-21-13-11-18;1-2/h2-13,22H,14H2,1H3,(H,21,23,24);1-2H3. The number of pyridine rings is 1. The molecule has 0 bridgehead atoms. The highest BCUT2D eigenvalue weighted by Gasteiger charge is 2.05. The van der Waals surface area contributed by atoms with E-state index in [0.29, 0.717) is 5.56 Å². The normalized spacial score (nSPS) is 9.89. The first-order valence-corrected chi connectivity index (χ1v) is 9.79. The van der Waals surface area contributed by atoms with E-state index in [4.69, 9.17) is 0 Å². The van der Waals surface area contributed by atoms with Gasteiger partial charge in [-0.1, -0.05) is 43.7 Å². The van der Waals surface area contributed by atoms with Crippen molar-refractivity contribution in [1.29, 1.82) is 0 Å². The van der Waals surface area contributed by atoms with Gasteiger partial charge in [-0.3, -0.25) is 14.5 Å². The zero-order valence-corrected chi connectivity index (χ0v) is 16.7. The summed E-state index contributed by atoms with van der Waals surface area (Å²) in [6.45, 7) is 6.80. The summed E-state index contributed by atoms with van der Waals surface area (Å²) in [5.74, 6) is -0.125. The molecule has 27 heavy (non-hydrogen) atoms. The van der Waals surface area contributed by atoms with E-state index in [1.54, 1.807) is 36.5 Å². The van der Waals surface area contributed by atoms with E-state index in [9.17, 15) is 4.79 Å². The van der Waals surface area contributed by atoms with Gasteiger partial charge in [-0.05, 0) is 60.8 Å². The third kappa shape index (κ3) is 6.89. The number of rotatable bonds is 6. The average Bonchev–Trinajstić information content (AvgIpc) is 2.72. The highest BCUT2D eigenvalue weighted by Crippen LogP contribution is 2.16. The highest BCUT2D eigenvalue weighted by atomic mass is 32.2. The maximum absolute atomic E-state index is 12.2. The van der Waals surface area contributed by atoms with Crippen LogP contribution in [0.1, 0.15) is 35.3 Å². The minimum absolute atomic E-state index is 0.125. The molecule has 2 aromatic carbocycles. The minimum Gasteiger partial charge on any atom is -0.322 e. The van der Waals surface area contributed by atoms with Crippen molar-refractivity contribution in [3.63, 3.8) is 0 Å². The number of aromatic nitrogens is 1. The Hall–Kier alpha value is -2.63. The topological polar surface area (TPSA) is 54.0 Å². The van der Waals surface area contributed by atoms with Crippen LogP contribution in [-0.4, -0.2) is 10.9 Å². The SMILES string of the molecule is CC.Cc1ccc(SNCc2ccc(C(=O)Nc3ccncc3)cc2)cc1. The van der Waals surface area contributed by atoms with Crippen molar-refractivity contribution in [3.8, 4) is 0 Å². The molecule has 3 rings (SSSR count). The Balaban J connectivity index is 0.00000126. The summed E-state index contributed by atoms with van der Waals surface area (Å²) in [5, 5.41) is 2.85. The Kier molecular flexibility index (Phi) is 8.55. The molecular weight excluding hydrogens is 354 g/mol. The number of benzene rings is 2. The van der Waals surface area contributed by atoms with Crippen LogP contribution in [0.15, 0.2) is 78.0 Å². The van der Waals surface area contributed by atoms with Gasteiger partial charge < -0.3 is 5.32 Å². The molecule has 0 unspecified atom stereocenters. The van der Waals surface area contributed by atoms with Crippen molar-refractivity contribution in [2.24, 2.45) is 0 Å². The molecule has 0 saturated heterocycles. The molecule has 0 atom stereocenters. The van der Waals surface area contributed by atoms with Gasteiger partial charge in [0.1, 0.15) is 0 Å². The zero-order valence-electron chi connectivity index (χ0n) is 15.9. The molecule has 2 N–H and O–H groups in total. The molecule has 0 radical (unpaired) electrons. The lowest BCUT2D eigenvalue weighted by molar-refractivity contribution is 0.102.